The standard InChI is InChI=1S/C17H21NO5S/c1-12-4-3-5-14(10-12)6-7-16(19)23-13(2)17(20)18-15-8-9-24(21,22)11-15/h3-7,10,13,15H,8-9,11H2,1-2H3,(H,18,20)/b7-6+/t13-,15+/m1/s1. The minimum Gasteiger partial charge on any atom is -0.449 e. The third kappa shape index (κ3) is 5.49. The summed E-state index contributed by atoms with van der Waals surface area (Å²) in [7, 11) is -3.07. The van der Waals surface area contributed by atoms with Gasteiger partial charge in [0.15, 0.2) is 15.9 Å². The predicted octanol–water partition coefficient (Wildman–Crippen LogP) is 1.24. The van der Waals surface area contributed by atoms with Gasteiger partial charge in [-0.3, -0.25) is 4.79 Å². The Morgan fingerprint density at radius 1 is 1.38 bits per heavy atom. The van der Waals surface area contributed by atoms with Crippen LogP contribution in [0.15, 0.2) is 30.3 Å². The van der Waals surface area contributed by atoms with E-state index in [-0.39, 0.29) is 11.5 Å². The lowest BCUT2D eigenvalue weighted by atomic mass is 10.1. The normalized spacial score (nSPS) is 20.7. The van der Waals surface area contributed by atoms with Gasteiger partial charge in [0.05, 0.1) is 11.5 Å². The number of rotatable bonds is 5. The molecule has 130 valence electrons. The first-order valence-electron chi connectivity index (χ1n) is 7.71. The zero-order valence-electron chi connectivity index (χ0n) is 13.7. The molecular formula is C17H21NO5S. The SMILES string of the molecule is Cc1cccc(/C=C/C(=O)O[C@H](C)C(=O)N[C@H]2CCS(=O)(=O)C2)c1. The lowest BCUT2D eigenvalue weighted by Gasteiger charge is -2.15. The lowest BCUT2D eigenvalue weighted by Crippen LogP contribution is -2.42. The number of esters is 1. The van der Waals surface area contributed by atoms with Crippen molar-refractivity contribution in [3.63, 3.8) is 0 Å². The van der Waals surface area contributed by atoms with Crippen molar-refractivity contribution in [2.45, 2.75) is 32.4 Å². The highest BCUT2D eigenvalue weighted by molar-refractivity contribution is 7.91. The number of hydrogen-bond donors (Lipinski definition) is 1. The molecule has 1 aromatic carbocycles. The Morgan fingerprint density at radius 2 is 2.12 bits per heavy atom. The average Bonchev–Trinajstić information content (AvgIpc) is 2.84. The smallest absolute Gasteiger partial charge is 0.331 e. The van der Waals surface area contributed by atoms with Gasteiger partial charge in [-0.15, -0.1) is 0 Å². The Labute approximate surface area is 141 Å². The van der Waals surface area contributed by atoms with Gasteiger partial charge in [0.25, 0.3) is 5.91 Å². The number of ether oxygens (including phenoxy) is 1. The summed E-state index contributed by atoms with van der Waals surface area (Å²) < 4.78 is 27.8. The number of carbonyl (C=O) groups is 2. The van der Waals surface area contributed by atoms with E-state index in [1.165, 1.54) is 13.0 Å². The van der Waals surface area contributed by atoms with Crippen LogP contribution in [0.5, 0.6) is 0 Å². The van der Waals surface area contributed by atoms with Crippen molar-refractivity contribution in [3.8, 4) is 0 Å². The van der Waals surface area contributed by atoms with Crippen molar-refractivity contribution < 1.29 is 22.7 Å². The van der Waals surface area contributed by atoms with Crippen LogP contribution in [-0.2, 0) is 24.2 Å². The minimum atomic E-state index is -3.07. The number of nitrogens with one attached hydrogen (secondary N) is 1. The first-order valence-corrected chi connectivity index (χ1v) is 9.53. The van der Waals surface area contributed by atoms with E-state index in [0.717, 1.165) is 11.1 Å². The van der Waals surface area contributed by atoms with Crippen LogP contribution in [0.25, 0.3) is 6.08 Å². The quantitative estimate of drug-likeness (QED) is 0.637. The molecule has 1 amide bonds. The molecule has 2 atom stereocenters. The van der Waals surface area contributed by atoms with Gasteiger partial charge in [0, 0.05) is 12.1 Å². The first kappa shape index (κ1) is 18.2. The third-order valence-corrected chi connectivity index (χ3v) is 5.46. The molecule has 1 aliphatic rings. The number of hydrogen-bond acceptors (Lipinski definition) is 5. The third-order valence-electron chi connectivity index (χ3n) is 3.69. The molecule has 1 N–H and O–H groups in total. The molecular weight excluding hydrogens is 330 g/mol. The van der Waals surface area contributed by atoms with Crippen LogP contribution in [0.3, 0.4) is 0 Å². The molecule has 0 spiro atoms. The van der Waals surface area contributed by atoms with Gasteiger partial charge in [-0.05, 0) is 31.9 Å². The molecule has 1 fully saturated rings. The molecule has 2 rings (SSSR count). The van der Waals surface area contributed by atoms with Gasteiger partial charge in [-0.2, -0.15) is 0 Å². The number of aryl methyl sites for hydroxylation is 1. The van der Waals surface area contributed by atoms with Crippen molar-refractivity contribution in [2.24, 2.45) is 0 Å². The summed E-state index contributed by atoms with van der Waals surface area (Å²) in [6, 6.07) is 7.19. The number of sulfone groups is 1. The molecule has 0 radical (unpaired) electrons. The molecule has 1 aromatic rings. The fourth-order valence-electron chi connectivity index (χ4n) is 2.43. The van der Waals surface area contributed by atoms with Crippen LogP contribution in [0.4, 0.5) is 0 Å². The van der Waals surface area contributed by atoms with Crippen molar-refractivity contribution >= 4 is 27.8 Å². The molecule has 24 heavy (non-hydrogen) atoms. The molecule has 0 bridgehead atoms. The Balaban J connectivity index is 1.83. The summed E-state index contributed by atoms with van der Waals surface area (Å²) in [6.45, 7) is 3.41. The van der Waals surface area contributed by atoms with Crippen molar-refractivity contribution in [1.82, 2.24) is 5.32 Å². The highest BCUT2D eigenvalue weighted by atomic mass is 32.2. The monoisotopic (exact) mass is 351 g/mol. The van der Waals surface area contributed by atoms with Crippen molar-refractivity contribution in [3.05, 3.63) is 41.5 Å². The van der Waals surface area contributed by atoms with Crippen molar-refractivity contribution in [1.29, 1.82) is 0 Å². The molecule has 7 heteroatoms. The van der Waals surface area contributed by atoms with Gasteiger partial charge in [-0.1, -0.05) is 29.8 Å². The molecule has 1 heterocycles. The zero-order chi connectivity index (χ0) is 17.7. The van der Waals surface area contributed by atoms with Crippen LogP contribution in [0.2, 0.25) is 0 Å². The van der Waals surface area contributed by atoms with Gasteiger partial charge in [0.1, 0.15) is 0 Å². The molecule has 6 nitrogen and oxygen atoms in total. The number of benzene rings is 1. The Hall–Kier alpha value is -2.15. The zero-order valence-corrected chi connectivity index (χ0v) is 14.5. The van der Waals surface area contributed by atoms with Crippen LogP contribution in [0.1, 0.15) is 24.5 Å². The molecule has 0 aromatic heterocycles. The van der Waals surface area contributed by atoms with E-state index < -0.39 is 33.9 Å². The Morgan fingerprint density at radius 3 is 2.75 bits per heavy atom. The van der Waals surface area contributed by atoms with E-state index in [0.29, 0.717) is 6.42 Å². The average molecular weight is 351 g/mol. The molecule has 0 aliphatic carbocycles. The second-order valence-electron chi connectivity index (χ2n) is 5.94. The highest BCUT2D eigenvalue weighted by Crippen LogP contribution is 2.12. The van der Waals surface area contributed by atoms with Gasteiger partial charge >= 0.3 is 5.97 Å². The Bertz CT molecular complexity index is 754. The van der Waals surface area contributed by atoms with E-state index in [2.05, 4.69) is 5.32 Å². The van der Waals surface area contributed by atoms with Gasteiger partial charge in [0.2, 0.25) is 0 Å². The first-order chi connectivity index (χ1) is 11.2. The van der Waals surface area contributed by atoms with Crippen LogP contribution >= 0.6 is 0 Å². The maximum atomic E-state index is 12.0. The largest absolute Gasteiger partial charge is 0.449 e. The predicted molar refractivity (Wildman–Crippen MR) is 91.0 cm³/mol. The fourth-order valence-corrected chi connectivity index (χ4v) is 4.11. The minimum absolute atomic E-state index is 0.0628. The van der Waals surface area contributed by atoms with E-state index in [4.69, 9.17) is 4.74 Å². The summed E-state index contributed by atoms with van der Waals surface area (Å²) >= 11 is 0. The highest BCUT2D eigenvalue weighted by Gasteiger charge is 2.30. The van der Waals surface area contributed by atoms with E-state index in [1.54, 1.807) is 6.08 Å². The molecule has 1 saturated heterocycles. The number of carbonyl (C=O) groups excluding carboxylic acids is 2. The summed E-state index contributed by atoms with van der Waals surface area (Å²) in [4.78, 5) is 23.7. The second kappa shape index (κ2) is 7.61. The van der Waals surface area contributed by atoms with E-state index in [1.807, 2.05) is 31.2 Å². The molecule has 0 saturated carbocycles. The molecule has 1 aliphatic heterocycles. The maximum absolute atomic E-state index is 12.0. The fraction of sp³-hybridized carbons (Fsp3) is 0.412. The number of amides is 1. The molecule has 0 unspecified atom stereocenters. The van der Waals surface area contributed by atoms with Crippen molar-refractivity contribution in [2.75, 3.05) is 11.5 Å². The van der Waals surface area contributed by atoms with Gasteiger partial charge in [-0.25, -0.2) is 13.2 Å². The van der Waals surface area contributed by atoms with Crippen LogP contribution in [-0.4, -0.2) is 43.9 Å². The topological polar surface area (TPSA) is 89.5 Å². The maximum Gasteiger partial charge on any atom is 0.331 e. The lowest BCUT2D eigenvalue weighted by molar-refractivity contribution is -0.150. The summed E-state index contributed by atoms with van der Waals surface area (Å²) in [6.07, 6.45) is 2.28. The summed E-state index contributed by atoms with van der Waals surface area (Å²) in [5, 5.41) is 2.60. The van der Waals surface area contributed by atoms with Crippen LogP contribution < -0.4 is 5.32 Å². The van der Waals surface area contributed by atoms with Crippen LogP contribution in [0, 0.1) is 6.92 Å². The van der Waals surface area contributed by atoms with E-state index >= 15 is 0 Å². The summed E-state index contributed by atoms with van der Waals surface area (Å²) in [5.41, 5.74) is 1.94. The Kier molecular flexibility index (Phi) is 5.77. The second-order valence-corrected chi connectivity index (χ2v) is 8.16. The van der Waals surface area contributed by atoms with E-state index in [9.17, 15) is 18.0 Å². The van der Waals surface area contributed by atoms with Gasteiger partial charge < -0.3 is 10.1 Å². The summed E-state index contributed by atoms with van der Waals surface area (Å²) in [5.74, 6) is -1.11.